The molecule has 9 heteroatoms. The van der Waals surface area contributed by atoms with Gasteiger partial charge in [0.05, 0.1) is 17.5 Å². The van der Waals surface area contributed by atoms with Crippen molar-refractivity contribution in [2.45, 2.75) is 25.1 Å². The van der Waals surface area contributed by atoms with Crippen molar-refractivity contribution in [2.24, 2.45) is 4.99 Å². The summed E-state index contributed by atoms with van der Waals surface area (Å²) in [4.78, 5) is 19.2. The van der Waals surface area contributed by atoms with E-state index in [-0.39, 0.29) is 41.1 Å². The van der Waals surface area contributed by atoms with Crippen LogP contribution in [0.1, 0.15) is 11.1 Å². The summed E-state index contributed by atoms with van der Waals surface area (Å²) < 4.78 is 37.6. The van der Waals surface area contributed by atoms with Gasteiger partial charge in [0, 0.05) is 16.6 Å². The van der Waals surface area contributed by atoms with Crippen molar-refractivity contribution in [1.29, 1.82) is 0 Å². The van der Waals surface area contributed by atoms with Crippen molar-refractivity contribution >= 4 is 44.0 Å². The van der Waals surface area contributed by atoms with Gasteiger partial charge in [0.15, 0.2) is 15.0 Å². The highest BCUT2D eigenvalue weighted by atomic mass is 32.2. The number of aryl methyl sites for hydroxylation is 2. The van der Waals surface area contributed by atoms with Gasteiger partial charge in [-0.25, -0.2) is 12.8 Å². The van der Waals surface area contributed by atoms with Crippen LogP contribution in [-0.4, -0.2) is 48.8 Å². The highest BCUT2D eigenvalue weighted by Crippen LogP contribution is 2.36. The Bertz CT molecular complexity index is 1130. The van der Waals surface area contributed by atoms with E-state index in [1.807, 2.05) is 31.2 Å². The minimum atomic E-state index is -3.06. The van der Waals surface area contributed by atoms with Crippen molar-refractivity contribution in [3.8, 4) is 0 Å². The van der Waals surface area contributed by atoms with E-state index in [0.717, 1.165) is 11.3 Å². The predicted molar refractivity (Wildman–Crippen MR) is 120 cm³/mol. The standard InChI is InChI=1S/C21H22FN3O3S2/c1-13-4-3-5-16(8-13)25(21-24-18-11-30(27,28)12-19(18)29-21)10-20(26)23-15-7-6-14(2)17(22)9-15/h3-9,18-19H,10-12H2,1-2H3,(H,23,26)/t18-,19-/m0/s1. The van der Waals surface area contributed by atoms with Gasteiger partial charge in [-0.1, -0.05) is 30.0 Å². The normalized spacial score (nSPS) is 21.8. The molecule has 1 saturated heterocycles. The SMILES string of the molecule is Cc1cccc(N(CC(=O)Nc2ccc(C)c(F)c2)C2=N[C@H]3CS(=O)(=O)C[C@@H]3S2)c1. The molecule has 0 spiro atoms. The van der Waals surface area contributed by atoms with Crippen molar-refractivity contribution in [2.75, 3.05) is 28.3 Å². The van der Waals surface area contributed by atoms with E-state index >= 15 is 0 Å². The average Bonchev–Trinajstić information content (AvgIpc) is 3.16. The number of carbonyl (C=O) groups excluding carboxylic acids is 1. The zero-order valence-corrected chi connectivity index (χ0v) is 18.3. The Morgan fingerprint density at radius 3 is 2.73 bits per heavy atom. The van der Waals surface area contributed by atoms with Crippen LogP contribution >= 0.6 is 11.8 Å². The maximum absolute atomic E-state index is 13.8. The number of rotatable bonds is 4. The van der Waals surface area contributed by atoms with E-state index in [0.29, 0.717) is 16.4 Å². The maximum Gasteiger partial charge on any atom is 0.244 e. The number of anilines is 2. The molecule has 30 heavy (non-hydrogen) atoms. The number of hydrogen-bond acceptors (Lipinski definition) is 6. The molecule has 0 bridgehead atoms. The Hall–Kier alpha value is -2.39. The summed E-state index contributed by atoms with van der Waals surface area (Å²) in [5.74, 6) is -0.544. The molecule has 0 aliphatic carbocycles. The monoisotopic (exact) mass is 447 g/mol. The Morgan fingerprint density at radius 2 is 2.03 bits per heavy atom. The number of aliphatic imine (C=N–C) groups is 1. The molecule has 2 aromatic rings. The van der Waals surface area contributed by atoms with Crippen LogP contribution in [0.25, 0.3) is 0 Å². The lowest BCUT2D eigenvalue weighted by molar-refractivity contribution is -0.114. The molecule has 2 aromatic carbocycles. The van der Waals surface area contributed by atoms with Crippen LogP contribution < -0.4 is 10.2 Å². The summed E-state index contributed by atoms with van der Waals surface area (Å²) in [7, 11) is -3.06. The third-order valence-electron chi connectivity index (χ3n) is 5.11. The fourth-order valence-electron chi connectivity index (χ4n) is 3.55. The third-order valence-corrected chi connectivity index (χ3v) is 8.35. The van der Waals surface area contributed by atoms with Gasteiger partial charge in [0.25, 0.3) is 0 Å². The average molecular weight is 448 g/mol. The number of carbonyl (C=O) groups is 1. The number of benzene rings is 2. The minimum absolute atomic E-state index is 0.0169. The van der Waals surface area contributed by atoms with Crippen LogP contribution in [0.4, 0.5) is 15.8 Å². The molecule has 0 saturated carbocycles. The van der Waals surface area contributed by atoms with Crippen LogP contribution in [0.5, 0.6) is 0 Å². The van der Waals surface area contributed by atoms with E-state index in [4.69, 9.17) is 0 Å². The van der Waals surface area contributed by atoms with Crippen LogP contribution in [0.3, 0.4) is 0 Å². The molecule has 2 heterocycles. The van der Waals surface area contributed by atoms with Gasteiger partial charge in [-0.15, -0.1) is 0 Å². The minimum Gasteiger partial charge on any atom is -0.324 e. The van der Waals surface area contributed by atoms with Gasteiger partial charge in [-0.2, -0.15) is 0 Å². The van der Waals surface area contributed by atoms with E-state index in [1.165, 1.54) is 17.8 Å². The zero-order chi connectivity index (χ0) is 21.5. The molecular weight excluding hydrogens is 425 g/mol. The first-order valence-corrected chi connectivity index (χ1v) is 12.3. The molecule has 2 aliphatic heterocycles. The Labute approximate surface area is 179 Å². The summed E-state index contributed by atoms with van der Waals surface area (Å²) in [6.07, 6.45) is 0. The lowest BCUT2D eigenvalue weighted by Crippen LogP contribution is -2.36. The molecule has 1 N–H and O–H groups in total. The molecular formula is C21H22FN3O3S2. The molecule has 158 valence electrons. The maximum atomic E-state index is 13.8. The van der Waals surface area contributed by atoms with Crippen LogP contribution in [0, 0.1) is 19.7 Å². The largest absolute Gasteiger partial charge is 0.324 e. The number of fused-ring (bicyclic) bond motifs is 1. The van der Waals surface area contributed by atoms with E-state index in [2.05, 4.69) is 10.3 Å². The Morgan fingerprint density at radius 1 is 1.23 bits per heavy atom. The van der Waals surface area contributed by atoms with E-state index in [1.54, 1.807) is 24.0 Å². The van der Waals surface area contributed by atoms with Gasteiger partial charge >= 0.3 is 0 Å². The van der Waals surface area contributed by atoms with Crippen molar-refractivity contribution in [1.82, 2.24) is 0 Å². The summed E-state index contributed by atoms with van der Waals surface area (Å²) in [6, 6.07) is 12.0. The number of halogens is 1. The predicted octanol–water partition coefficient (Wildman–Crippen LogP) is 3.16. The summed E-state index contributed by atoms with van der Waals surface area (Å²) in [5.41, 5.74) is 2.73. The topological polar surface area (TPSA) is 78.8 Å². The first-order valence-electron chi connectivity index (χ1n) is 9.55. The van der Waals surface area contributed by atoms with Gasteiger partial charge in [-0.05, 0) is 49.2 Å². The van der Waals surface area contributed by atoms with Gasteiger partial charge in [-0.3, -0.25) is 9.79 Å². The number of amides is 1. The zero-order valence-electron chi connectivity index (χ0n) is 16.6. The van der Waals surface area contributed by atoms with Gasteiger partial charge in [0.1, 0.15) is 12.4 Å². The Balaban J connectivity index is 1.57. The molecule has 6 nitrogen and oxygen atoms in total. The van der Waals surface area contributed by atoms with Gasteiger partial charge in [0.2, 0.25) is 5.91 Å². The fraction of sp³-hybridized carbons (Fsp3) is 0.333. The lowest BCUT2D eigenvalue weighted by atomic mass is 10.2. The summed E-state index contributed by atoms with van der Waals surface area (Å²) in [5, 5.41) is 3.25. The summed E-state index contributed by atoms with van der Waals surface area (Å²) >= 11 is 1.40. The number of hydrogen-bond donors (Lipinski definition) is 1. The smallest absolute Gasteiger partial charge is 0.244 e. The molecule has 0 unspecified atom stereocenters. The molecule has 2 atom stereocenters. The van der Waals surface area contributed by atoms with Crippen LogP contribution in [0.2, 0.25) is 0 Å². The number of amidine groups is 1. The van der Waals surface area contributed by atoms with Crippen molar-refractivity contribution in [3.05, 3.63) is 59.4 Å². The first-order chi connectivity index (χ1) is 14.2. The van der Waals surface area contributed by atoms with Crippen molar-refractivity contribution < 1.29 is 17.6 Å². The number of nitrogens with zero attached hydrogens (tertiary/aromatic N) is 2. The molecule has 0 aromatic heterocycles. The highest BCUT2D eigenvalue weighted by Gasteiger charge is 2.44. The summed E-state index contributed by atoms with van der Waals surface area (Å²) in [6.45, 7) is 3.60. The van der Waals surface area contributed by atoms with Crippen LogP contribution in [-0.2, 0) is 14.6 Å². The number of thioether (sulfide) groups is 1. The second-order valence-corrected chi connectivity index (χ2v) is 11.0. The quantitative estimate of drug-likeness (QED) is 0.779. The number of nitrogens with one attached hydrogen (secondary N) is 1. The fourth-order valence-corrected chi connectivity index (χ4v) is 7.33. The molecule has 1 fully saturated rings. The second-order valence-electron chi connectivity index (χ2n) is 7.65. The third kappa shape index (κ3) is 4.52. The van der Waals surface area contributed by atoms with E-state index < -0.39 is 9.84 Å². The second kappa shape index (κ2) is 8.03. The lowest BCUT2D eigenvalue weighted by Gasteiger charge is -2.24. The van der Waals surface area contributed by atoms with Crippen LogP contribution in [0.15, 0.2) is 47.5 Å². The Kier molecular flexibility index (Phi) is 5.59. The van der Waals surface area contributed by atoms with Gasteiger partial charge < -0.3 is 10.2 Å². The molecule has 0 radical (unpaired) electrons. The van der Waals surface area contributed by atoms with Crippen molar-refractivity contribution in [3.63, 3.8) is 0 Å². The first kappa shape index (κ1) is 20.9. The highest BCUT2D eigenvalue weighted by molar-refractivity contribution is 8.15. The number of sulfone groups is 1. The molecule has 1 amide bonds. The van der Waals surface area contributed by atoms with E-state index in [9.17, 15) is 17.6 Å². The molecule has 4 rings (SSSR count). The molecule has 2 aliphatic rings.